The van der Waals surface area contributed by atoms with Gasteiger partial charge in [0.05, 0.1) is 19.4 Å². The van der Waals surface area contributed by atoms with Gasteiger partial charge < -0.3 is 24.8 Å². The molecule has 1 aliphatic heterocycles. The number of imide groups is 1. The smallest absolute Gasteiger partial charge is 0.329 e. The SMILES string of the molecule is CCOc1cc(/C=C2/NC(=O)N(CC(=O)Nc3ccccc3OC)C2=O)ccc1OCc1ccc(I)cc1. The van der Waals surface area contributed by atoms with Gasteiger partial charge in [0.1, 0.15) is 24.6 Å². The quantitative estimate of drug-likeness (QED) is 0.190. The van der Waals surface area contributed by atoms with Crippen molar-refractivity contribution >= 4 is 52.2 Å². The van der Waals surface area contributed by atoms with E-state index in [2.05, 4.69) is 33.2 Å². The average molecular weight is 627 g/mol. The fraction of sp³-hybridized carbons (Fsp3) is 0.179. The summed E-state index contributed by atoms with van der Waals surface area (Å²) in [5, 5.41) is 5.19. The standard InChI is InChI=1S/C28H26IN3O6/c1-3-37-25-15-19(10-13-24(25)38-17-18-8-11-20(29)12-9-18)14-22-27(34)32(28(35)31-22)16-26(33)30-21-6-4-5-7-23(21)36-2/h4-15H,3,16-17H2,1-2H3,(H,30,33)(H,31,35)/b22-14+. The summed E-state index contributed by atoms with van der Waals surface area (Å²) in [5.74, 6) is 0.394. The van der Waals surface area contributed by atoms with Crippen molar-refractivity contribution in [1.29, 1.82) is 0 Å². The molecule has 3 aromatic carbocycles. The first-order valence-corrected chi connectivity index (χ1v) is 12.9. The number of anilines is 1. The van der Waals surface area contributed by atoms with E-state index in [1.165, 1.54) is 13.2 Å². The van der Waals surface area contributed by atoms with Crippen LogP contribution < -0.4 is 24.8 Å². The summed E-state index contributed by atoms with van der Waals surface area (Å²) in [4.78, 5) is 38.8. The van der Waals surface area contributed by atoms with Crippen LogP contribution in [0.4, 0.5) is 10.5 Å². The van der Waals surface area contributed by atoms with Crippen LogP contribution in [0.1, 0.15) is 18.1 Å². The zero-order chi connectivity index (χ0) is 27.1. The highest BCUT2D eigenvalue weighted by Gasteiger charge is 2.35. The molecule has 1 saturated heterocycles. The van der Waals surface area contributed by atoms with E-state index in [9.17, 15) is 14.4 Å². The predicted molar refractivity (Wildman–Crippen MR) is 151 cm³/mol. The summed E-state index contributed by atoms with van der Waals surface area (Å²) in [5.41, 5.74) is 2.14. The first-order valence-electron chi connectivity index (χ1n) is 11.8. The lowest BCUT2D eigenvalue weighted by Gasteiger charge is -2.14. The molecule has 0 atom stereocenters. The number of hydrogen-bond acceptors (Lipinski definition) is 6. The monoisotopic (exact) mass is 627 g/mol. The van der Waals surface area contributed by atoms with E-state index in [1.54, 1.807) is 42.5 Å². The molecule has 0 saturated carbocycles. The highest BCUT2D eigenvalue weighted by molar-refractivity contribution is 14.1. The Morgan fingerprint density at radius 2 is 1.76 bits per heavy atom. The van der Waals surface area contributed by atoms with Crippen molar-refractivity contribution in [3.63, 3.8) is 0 Å². The zero-order valence-electron chi connectivity index (χ0n) is 20.8. The Morgan fingerprint density at radius 1 is 1.00 bits per heavy atom. The van der Waals surface area contributed by atoms with Crippen molar-refractivity contribution in [2.75, 3.05) is 25.6 Å². The van der Waals surface area contributed by atoms with Crippen molar-refractivity contribution in [2.24, 2.45) is 0 Å². The number of urea groups is 1. The molecule has 4 amide bonds. The molecule has 1 heterocycles. The lowest BCUT2D eigenvalue weighted by molar-refractivity contribution is -0.127. The molecule has 0 aromatic heterocycles. The molecule has 196 valence electrons. The Balaban J connectivity index is 1.44. The summed E-state index contributed by atoms with van der Waals surface area (Å²) in [7, 11) is 1.49. The van der Waals surface area contributed by atoms with Crippen molar-refractivity contribution in [1.82, 2.24) is 10.2 Å². The average Bonchev–Trinajstić information content (AvgIpc) is 3.16. The Bertz CT molecular complexity index is 1370. The van der Waals surface area contributed by atoms with Crippen molar-refractivity contribution in [3.8, 4) is 17.2 Å². The molecule has 1 fully saturated rings. The van der Waals surface area contributed by atoms with E-state index in [1.807, 2.05) is 31.2 Å². The Hall–Kier alpha value is -4.06. The van der Waals surface area contributed by atoms with Gasteiger partial charge in [-0.25, -0.2) is 9.69 Å². The molecule has 0 aliphatic carbocycles. The molecule has 0 radical (unpaired) electrons. The number of rotatable bonds is 10. The predicted octanol–water partition coefficient (Wildman–Crippen LogP) is 4.81. The third-order valence-corrected chi connectivity index (χ3v) is 6.25. The number of halogens is 1. The van der Waals surface area contributed by atoms with E-state index < -0.39 is 24.4 Å². The van der Waals surface area contributed by atoms with Crippen LogP contribution >= 0.6 is 22.6 Å². The Labute approximate surface area is 233 Å². The van der Waals surface area contributed by atoms with Crippen LogP contribution in [0.15, 0.2) is 72.4 Å². The van der Waals surface area contributed by atoms with Crippen molar-refractivity contribution in [2.45, 2.75) is 13.5 Å². The molecule has 10 heteroatoms. The van der Waals surface area contributed by atoms with Gasteiger partial charge >= 0.3 is 6.03 Å². The number of nitrogens with zero attached hydrogens (tertiary/aromatic N) is 1. The lowest BCUT2D eigenvalue weighted by Crippen LogP contribution is -2.38. The maximum absolute atomic E-state index is 12.9. The number of ether oxygens (including phenoxy) is 3. The van der Waals surface area contributed by atoms with Gasteiger partial charge in [0.25, 0.3) is 5.91 Å². The Kier molecular flexibility index (Phi) is 8.85. The molecule has 2 N–H and O–H groups in total. The van der Waals surface area contributed by atoms with Crippen LogP contribution in [-0.2, 0) is 16.2 Å². The minimum atomic E-state index is -0.682. The Morgan fingerprint density at radius 3 is 2.50 bits per heavy atom. The maximum atomic E-state index is 12.9. The molecular weight excluding hydrogens is 601 g/mol. The molecule has 3 aromatic rings. The second-order valence-electron chi connectivity index (χ2n) is 8.18. The summed E-state index contributed by atoms with van der Waals surface area (Å²) in [6, 6.07) is 19.4. The number of nitrogens with one attached hydrogen (secondary N) is 2. The minimum Gasteiger partial charge on any atom is -0.495 e. The molecule has 9 nitrogen and oxygen atoms in total. The van der Waals surface area contributed by atoms with Crippen molar-refractivity contribution in [3.05, 3.63) is 87.1 Å². The molecule has 1 aliphatic rings. The summed E-state index contributed by atoms with van der Waals surface area (Å²) in [6.45, 7) is 2.21. The number of amides is 4. The fourth-order valence-electron chi connectivity index (χ4n) is 3.71. The number of hydrogen-bond donors (Lipinski definition) is 2. The number of carbonyl (C=O) groups is 3. The number of benzene rings is 3. The molecule has 0 bridgehead atoms. The number of para-hydroxylation sites is 2. The molecule has 38 heavy (non-hydrogen) atoms. The van der Waals surface area contributed by atoms with Gasteiger partial charge in [0.15, 0.2) is 11.5 Å². The third kappa shape index (κ3) is 6.62. The molecule has 0 spiro atoms. The van der Waals surface area contributed by atoms with E-state index >= 15 is 0 Å². The van der Waals surface area contributed by atoms with Gasteiger partial charge in [0.2, 0.25) is 5.91 Å². The second kappa shape index (κ2) is 12.5. The largest absolute Gasteiger partial charge is 0.495 e. The van der Waals surface area contributed by atoms with Gasteiger partial charge in [-0.1, -0.05) is 30.3 Å². The van der Waals surface area contributed by atoms with E-state index in [0.717, 1.165) is 14.0 Å². The van der Waals surface area contributed by atoms with Gasteiger partial charge in [-0.05, 0) is 83.1 Å². The highest BCUT2D eigenvalue weighted by atomic mass is 127. The third-order valence-electron chi connectivity index (χ3n) is 5.53. The van der Waals surface area contributed by atoms with Crippen LogP contribution in [0.2, 0.25) is 0 Å². The van der Waals surface area contributed by atoms with Crippen LogP contribution in [0, 0.1) is 3.57 Å². The fourth-order valence-corrected chi connectivity index (χ4v) is 4.07. The van der Waals surface area contributed by atoms with Gasteiger partial charge in [-0.3, -0.25) is 9.59 Å². The maximum Gasteiger partial charge on any atom is 0.329 e. The summed E-state index contributed by atoms with van der Waals surface area (Å²) < 4.78 is 18.1. The first-order chi connectivity index (χ1) is 18.4. The zero-order valence-corrected chi connectivity index (χ0v) is 23.0. The minimum absolute atomic E-state index is 0.0510. The topological polar surface area (TPSA) is 106 Å². The van der Waals surface area contributed by atoms with Crippen LogP contribution in [0.3, 0.4) is 0 Å². The van der Waals surface area contributed by atoms with Gasteiger partial charge in [-0.15, -0.1) is 0 Å². The summed E-state index contributed by atoms with van der Waals surface area (Å²) in [6.07, 6.45) is 1.53. The molecular formula is C28H26IN3O6. The van der Waals surface area contributed by atoms with Crippen LogP contribution in [0.5, 0.6) is 17.2 Å². The van der Waals surface area contributed by atoms with Gasteiger partial charge in [-0.2, -0.15) is 0 Å². The lowest BCUT2D eigenvalue weighted by atomic mass is 10.1. The molecule has 4 rings (SSSR count). The van der Waals surface area contributed by atoms with E-state index in [0.29, 0.717) is 41.7 Å². The van der Waals surface area contributed by atoms with Gasteiger partial charge in [0, 0.05) is 3.57 Å². The molecule has 0 unspecified atom stereocenters. The second-order valence-corrected chi connectivity index (χ2v) is 9.43. The van der Waals surface area contributed by atoms with E-state index in [-0.39, 0.29) is 5.70 Å². The number of methoxy groups -OCH3 is 1. The van der Waals surface area contributed by atoms with Crippen LogP contribution in [-0.4, -0.2) is 43.0 Å². The highest BCUT2D eigenvalue weighted by Crippen LogP contribution is 2.30. The summed E-state index contributed by atoms with van der Waals surface area (Å²) >= 11 is 2.25. The number of carbonyl (C=O) groups excluding carboxylic acids is 3. The normalized spacial score (nSPS) is 13.9. The van der Waals surface area contributed by atoms with E-state index in [4.69, 9.17) is 14.2 Å². The van der Waals surface area contributed by atoms with Crippen molar-refractivity contribution < 1.29 is 28.6 Å². The first kappa shape index (κ1) is 27.0. The van der Waals surface area contributed by atoms with Crippen LogP contribution in [0.25, 0.3) is 6.08 Å².